The maximum atomic E-state index is 12.9. The molecule has 11 rings (SSSR count). The number of amides is 3. The maximum Gasteiger partial charge on any atom is 0.414 e. The average Bonchev–Trinajstić information content (AvgIpc) is 3.59. The number of phenols is 1. The lowest BCUT2D eigenvalue weighted by Crippen LogP contribution is -2.37. The molecule has 0 radical (unpaired) electrons. The second-order valence-electron chi connectivity index (χ2n) is 22.8. The zero-order chi connectivity index (χ0) is 53.8. The van der Waals surface area contributed by atoms with Gasteiger partial charge in [0, 0.05) is 88.9 Å². The van der Waals surface area contributed by atoms with Gasteiger partial charge in [-0.05, 0) is 108 Å². The van der Waals surface area contributed by atoms with Crippen LogP contribution in [0.3, 0.4) is 0 Å². The van der Waals surface area contributed by atoms with Crippen LogP contribution >= 0.6 is 23.2 Å². The number of likely N-dealkylation sites (tertiary alicyclic amines) is 1. The Balaban J connectivity index is 0.000000140. The number of piperidine rings is 1. The highest BCUT2D eigenvalue weighted by molar-refractivity contribution is 6.19. The van der Waals surface area contributed by atoms with Gasteiger partial charge in [-0.1, -0.05) is 103 Å². The van der Waals surface area contributed by atoms with Gasteiger partial charge in [0.25, 0.3) is 0 Å². The van der Waals surface area contributed by atoms with Crippen LogP contribution in [-0.2, 0) is 26.2 Å². The van der Waals surface area contributed by atoms with E-state index in [0.717, 1.165) is 72.9 Å². The van der Waals surface area contributed by atoms with E-state index in [2.05, 4.69) is 12.1 Å². The van der Waals surface area contributed by atoms with Crippen molar-refractivity contribution in [1.29, 1.82) is 0 Å². The van der Waals surface area contributed by atoms with Gasteiger partial charge in [0.2, 0.25) is 0 Å². The number of carbonyl (C=O) groups excluding carboxylic acids is 4. The Morgan fingerprint density at radius 2 is 1.07 bits per heavy atom. The summed E-state index contributed by atoms with van der Waals surface area (Å²) in [6, 6.07) is 37.1. The summed E-state index contributed by atoms with van der Waals surface area (Å²) in [5.74, 6) is 2.19. The first-order valence-electron chi connectivity index (χ1n) is 25.5. The number of alkyl halides is 2. The predicted octanol–water partition coefficient (Wildman–Crippen LogP) is 14.4. The fraction of sp³-hybridized carbons (Fsp3) is 0.377. The number of benzene rings is 6. The third-order valence-electron chi connectivity index (χ3n) is 13.9. The zero-order valence-corrected chi connectivity index (χ0v) is 45.6. The number of fused-ring (bicyclic) bond motifs is 7. The van der Waals surface area contributed by atoms with Crippen molar-refractivity contribution in [3.63, 3.8) is 0 Å². The molecule has 0 aromatic heterocycles. The van der Waals surface area contributed by atoms with Crippen molar-refractivity contribution in [1.82, 2.24) is 4.90 Å². The number of halogens is 2. The van der Waals surface area contributed by atoms with E-state index < -0.39 is 22.9 Å². The smallest absolute Gasteiger partial charge is 0.414 e. The normalized spacial score (nSPS) is 20.0. The zero-order valence-electron chi connectivity index (χ0n) is 44.0. The van der Waals surface area contributed by atoms with Crippen molar-refractivity contribution in [3.8, 4) is 11.5 Å². The first-order chi connectivity index (χ1) is 35.5. The minimum absolute atomic E-state index is 0.0164. The lowest BCUT2D eigenvalue weighted by atomic mass is 9.81. The van der Waals surface area contributed by atoms with Crippen LogP contribution in [0, 0.1) is 5.92 Å². The Labute approximate surface area is 449 Å². The van der Waals surface area contributed by atoms with E-state index in [1.54, 1.807) is 26.8 Å². The molecule has 14 heteroatoms. The number of rotatable bonds is 5. The molecule has 6 aromatic rings. The second kappa shape index (κ2) is 20.4. The van der Waals surface area contributed by atoms with Gasteiger partial charge < -0.3 is 24.1 Å². The molecule has 6 aromatic carbocycles. The summed E-state index contributed by atoms with van der Waals surface area (Å²) in [5, 5.41) is 14.1. The fourth-order valence-electron chi connectivity index (χ4n) is 10.8. The molecule has 0 unspecified atom stereocenters. The molecule has 392 valence electrons. The van der Waals surface area contributed by atoms with E-state index in [-0.39, 0.29) is 41.0 Å². The highest BCUT2D eigenvalue weighted by Crippen LogP contribution is 2.66. The molecule has 5 aliphatic rings. The standard InChI is InChI=1S/C25H26ClNO3.C18H20ClNO3.C18H19NO3/c1-25(2,3)30-24(28)27-15-18(14-26)23-20-12-8-7-11-19(20)22(13-21(23)27)29-16-17-9-5-4-6-10-17;1-18(2,3)23-17(22)20-10-11(9-19)16-13-7-5-4-6-12(13)15(21)8-14(16)20;1-17(2,3)22-16(21)19-10-11-9-18(11)13-7-5-4-6-12(13)14(20)8-15(18)19/h4-13,18H,14-16H2,1-3H3;4-8,11,21H,9-10H2,1-3H3;4-8,11H,9-10H2,1-3H3/t18-;11-;11-,18-/m111/s1. The third kappa shape index (κ3) is 10.7. The summed E-state index contributed by atoms with van der Waals surface area (Å²) >= 11 is 12.4. The largest absolute Gasteiger partial charge is 0.507 e. The molecule has 12 nitrogen and oxygen atoms in total. The summed E-state index contributed by atoms with van der Waals surface area (Å²) in [5.41, 5.74) is 5.54. The van der Waals surface area contributed by atoms with E-state index in [1.165, 1.54) is 0 Å². The number of aromatic hydroxyl groups is 1. The Bertz CT molecular complexity index is 3230. The van der Waals surface area contributed by atoms with E-state index in [0.29, 0.717) is 49.6 Å². The molecule has 3 heterocycles. The van der Waals surface area contributed by atoms with Crippen molar-refractivity contribution in [3.05, 3.63) is 155 Å². The average molecular weight is 1060 g/mol. The van der Waals surface area contributed by atoms with E-state index >= 15 is 0 Å². The maximum absolute atomic E-state index is 12.9. The van der Waals surface area contributed by atoms with Gasteiger partial charge in [-0.15, -0.1) is 23.2 Å². The summed E-state index contributed by atoms with van der Waals surface area (Å²) in [6.07, 6.45) is 1.53. The molecule has 2 fully saturated rings. The highest BCUT2D eigenvalue weighted by atomic mass is 35.5. The number of ketones is 1. The molecule has 1 saturated carbocycles. The van der Waals surface area contributed by atoms with Crippen molar-refractivity contribution in [2.75, 3.05) is 41.2 Å². The minimum atomic E-state index is -0.574. The van der Waals surface area contributed by atoms with Crippen molar-refractivity contribution in [2.24, 2.45) is 5.92 Å². The van der Waals surface area contributed by atoms with Crippen LogP contribution in [0.1, 0.15) is 113 Å². The van der Waals surface area contributed by atoms with E-state index in [4.69, 9.17) is 42.1 Å². The van der Waals surface area contributed by atoms with E-state index in [9.17, 15) is 24.3 Å². The minimum Gasteiger partial charge on any atom is -0.507 e. The van der Waals surface area contributed by atoms with Gasteiger partial charge >= 0.3 is 18.3 Å². The van der Waals surface area contributed by atoms with Crippen LogP contribution in [0.25, 0.3) is 21.5 Å². The van der Waals surface area contributed by atoms with Crippen molar-refractivity contribution in [2.45, 2.75) is 109 Å². The third-order valence-corrected chi connectivity index (χ3v) is 14.7. The van der Waals surface area contributed by atoms with Crippen molar-refractivity contribution >= 4 is 80.2 Å². The lowest BCUT2D eigenvalue weighted by Gasteiger charge is -2.31. The first kappa shape index (κ1) is 53.1. The molecular formula is C61H65Cl2N3O9. The number of carbonyl (C=O) groups is 4. The molecule has 1 spiro atoms. The quantitative estimate of drug-likeness (QED) is 0.132. The van der Waals surface area contributed by atoms with Gasteiger partial charge in [-0.2, -0.15) is 0 Å². The molecule has 1 N–H and O–H groups in total. The Morgan fingerprint density at radius 1 is 0.600 bits per heavy atom. The SMILES string of the molecule is CC(C)(C)OC(=O)N1C[C@@H](CCl)c2c1cc(O)c1ccccc21.CC(C)(C)OC(=O)N1C[C@@H](CCl)c2c1cc(OCc1ccccc1)c1ccccc21.CC(C)(C)OC(=O)N1C[C@H]2C[C@@]23C1=CC(=O)c1ccccc13. The highest BCUT2D eigenvalue weighted by Gasteiger charge is 2.67. The summed E-state index contributed by atoms with van der Waals surface area (Å²) < 4.78 is 22.9. The number of phenolic OH excluding ortho intramolecular Hbond substituents is 1. The Kier molecular flexibility index (Phi) is 14.4. The second-order valence-corrected chi connectivity index (χ2v) is 23.4. The molecule has 1 saturated heterocycles. The molecular weight excluding hydrogens is 990 g/mol. The topological polar surface area (TPSA) is 135 Å². The summed E-state index contributed by atoms with van der Waals surface area (Å²) in [4.78, 5) is 55.2. The van der Waals surface area contributed by atoms with Crippen LogP contribution in [0.2, 0.25) is 0 Å². The molecule has 75 heavy (non-hydrogen) atoms. The summed E-state index contributed by atoms with van der Waals surface area (Å²) in [6.45, 7) is 18.7. The van der Waals surface area contributed by atoms with Gasteiger partial charge in [-0.3, -0.25) is 19.5 Å². The number of allylic oxidation sites excluding steroid dienone is 2. The first-order valence-corrected chi connectivity index (χ1v) is 26.5. The number of hydrogen-bond acceptors (Lipinski definition) is 9. The molecule has 2 aliphatic carbocycles. The van der Waals surface area contributed by atoms with Crippen LogP contribution in [-0.4, -0.2) is 82.3 Å². The lowest BCUT2D eigenvalue weighted by molar-refractivity contribution is 0.0321. The van der Waals surface area contributed by atoms with Crippen LogP contribution in [0.5, 0.6) is 11.5 Å². The number of hydrogen-bond donors (Lipinski definition) is 1. The van der Waals surface area contributed by atoms with Gasteiger partial charge in [-0.25, -0.2) is 14.4 Å². The Hall–Kier alpha value is -6.76. The number of nitrogens with zero attached hydrogens (tertiary/aromatic N) is 3. The molecule has 3 aliphatic heterocycles. The van der Waals surface area contributed by atoms with Gasteiger partial charge in [0.1, 0.15) is 34.9 Å². The van der Waals surface area contributed by atoms with Crippen LogP contribution < -0.4 is 14.5 Å². The number of anilines is 2. The summed E-state index contributed by atoms with van der Waals surface area (Å²) in [7, 11) is 0. The molecule has 4 atom stereocenters. The van der Waals surface area contributed by atoms with Gasteiger partial charge in [0.05, 0.1) is 11.4 Å². The van der Waals surface area contributed by atoms with Gasteiger partial charge in [0.15, 0.2) is 5.78 Å². The monoisotopic (exact) mass is 1050 g/mol. The van der Waals surface area contributed by atoms with Crippen molar-refractivity contribution < 1.29 is 43.2 Å². The van der Waals surface area contributed by atoms with E-state index in [1.807, 2.05) is 159 Å². The van der Waals surface area contributed by atoms with Crippen LogP contribution in [0.4, 0.5) is 25.8 Å². The number of ether oxygens (including phenoxy) is 4. The predicted molar refractivity (Wildman–Crippen MR) is 296 cm³/mol. The fourth-order valence-corrected chi connectivity index (χ4v) is 11.3. The van der Waals surface area contributed by atoms with Crippen LogP contribution in [0.15, 0.2) is 127 Å². The molecule has 0 bridgehead atoms. The molecule has 3 amide bonds. The Morgan fingerprint density at radius 3 is 1.61 bits per heavy atom.